The Hall–Kier alpha value is -0.880. The Kier molecular flexibility index (Phi) is 10.7. The summed E-state index contributed by atoms with van der Waals surface area (Å²) in [5.41, 5.74) is 0. The average Bonchev–Trinajstić information content (AvgIpc) is 2.13. The molecular weight excluding hydrogens is 220 g/mol. The van der Waals surface area contributed by atoms with E-state index in [1.165, 1.54) is 0 Å². The third kappa shape index (κ3) is 19.5. The van der Waals surface area contributed by atoms with Crippen LogP contribution in [0.15, 0.2) is 12.7 Å². The van der Waals surface area contributed by atoms with E-state index in [2.05, 4.69) is 11.3 Å². The zero-order chi connectivity index (χ0) is 12.3. The van der Waals surface area contributed by atoms with Gasteiger partial charge in [0, 0.05) is 6.08 Å². The van der Waals surface area contributed by atoms with E-state index in [9.17, 15) is 13.2 Å². The number of carbonyl (C=O) groups excluding carboxylic acids is 1. The van der Waals surface area contributed by atoms with E-state index in [1.807, 2.05) is 6.92 Å². The van der Waals surface area contributed by atoms with E-state index in [4.69, 9.17) is 4.55 Å². The maximum absolute atomic E-state index is 10.2. The molecule has 0 saturated carbocycles. The molecule has 0 aromatic heterocycles. The van der Waals surface area contributed by atoms with Crippen molar-refractivity contribution in [2.24, 2.45) is 0 Å². The second-order valence-electron chi connectivity index (χ2n) is 2.66. The van der Waals surface area contributed by atoms with Crippen LogP contribution < -0.4 is 0 Å². The van der Waals surface area contributed by atoms with Gasteiger partial charge in [-0.05, 0) is 12.8 Å². The van der Waals surface area contributed by atoms with Crippen molar-refractivity contribution in [1.82, 2.24) is 0 Å². The first kappa shape index (κ1) is 16.5. The maximum atomic E-state index is 10.2. The predicted molar refractivity (Wildman–Crippen MR) is 58.2 cm³/mol. The van der Waals surface area contributed by atoms with Gasteiger partial charge in [0.1, 0.15) is 0 Å². The first-order valence-corrected chi connectivity index (χ1v) is 6.22. The summed E-state index contributed by atoms with van der Waals surface area (Å²) in [7, 11) is -3.67. The third-order valence-corrected chi connectivity index (χ3v) is 2.00. The molecule has 15 heavy (non-hydrogen) atoms. The van der Waals surface area contributed by atoms with Crippen LogP contribution in [0.5, 0.6) is 0 Å². The highest BCUT2D eigenvalue weighted by atomic mass is 32.2. The van der Waals surface area contributed by atoms with Crippen molar-refractivity contribution < 1.29 is 22.5 Å². The van der Waals surface area contributed by atoms with Gasteiger partial charge >= 0.3 is 5.97 Å². The third-order valence-electron chi connectivity index (χ3n) is 1.08. The summed E-state index contributed by atoms with van der Waals surface area (Å²) in [6.45, 7) is 7.36. The van der Waals surface area contributed by atoms with E-state index in [1.54, 1.807) is 6.92 Å². The highest BCUT2D eigenvalue weighted by Crippen LogP contribution is 1.83. The van der Waals surface area contributed by atoms with Crippen molar-refractivity contribution >= 4 is 16.1 Å². The molecule has 1 N–H and O–H groups in total. The predicted octanol–water partition coefficient (Wildman–Crippen LogP) is 1.41. The zero-order valence-corrected chi connectivity index (χ0v) is 9.92. The first-order chi connectivity index (χ1) is 6.87. The van der Waals surface area contributed by atoms with Crippen LogP contribution in [0.4, 0.5) is 0 Å². The fourth-order valence-corrected chi connectivity index (χ4v) is 1.04. The molecule has 0 amide bonds. The Morgan fingerprint density at radius 3 is 2.13 bits per heavy atom. The Morgan fingerprint density at radius 1 is 1.40 bits per heavy atom. The van der Waals surface area contributed by atoms with E-state index in [0.29, 0.717) is 13.0 Å². The molecule has 0 atom stereocenters. The van der Waals surface area contributed by atoms with Crippen molar-refractivity contribution in [1.29, 1.82) is 0 Å². The summed E-state index contributed by atoms with van der Waals surface area (Å²) < 4.78 is 32.1. The number of hydrogen-bond donors (Lipinski definition) is 1. The highest BCUT2D eigenvalue weighted by molar-refractivity contribution is 7.85. The van der Waals surface area contributed by atoms with Gasteiger partial charge in [-0.15, -0.1) is 0 Å². The molecule has 90 valence electrons. The van der Waals surface area contributed by atoms with E-state index >= 15 is 0 Å². The summed E-state index contributed by atoms with van der Waals surface area (Å²) in [4.78, 5) is 10.2. The lowest BCUT2D eigenvalue weighted by Gasteiger charge is -1.94. The topological polar surface area (TPSA) is 80.7 Å². The molecule has 0 aromatic carbocycles. The Bertz CT molecular complexity index is 268. The van der Waals surface area contributed by atoms with Crippen LogP contribution in [-0.2, 0) is 19.6 Å². The van der Waals surface area contributed by atoms with Crippen LogP contribution in [0.3, 0.4) is 0 Å². The fraction of sp³-hybridized carbons (Fsp3) is 0.667. The maximum Gasteiger partial charge on any atom is 0.330 e. The molecule has 0 bridgehead atoms. The van der Waals surface area contributed by atoms with Crippen LogP contribution in [-0.4, -0.2) is 31.3 Å². The van der Waals surface area contributed by atoms with Crippen LogP contribution in [0.2, 0.25) is 0 Å². The average molecular weight is 238 g/mol. The number of hydrogen-bond acceptors (Lipinski definition) is 4. The van der Waals surface area contributed by atoms with Crippen LogP contribution in [0, 0.1) is 0 Å². The number of carbonyl (C=O) groups is 1. The van der Waals surface area contributed by atoms with Crippen LogP contribution in [0.25, 0.3) is 0 Å². The van der Waals surface area contributed by atoms with Crippen molar-refractivity contribution in [3.8, 4) is 0 Å². The molecule has 0 unspecified atom stereocenters. The van der Waals surface area contributed by atoms with Gasteiger partial charge in [-0.3, -0.25) is 4.55 Å². The molecule has 0 fully saturated rings. The van der Waals surface area contributed by atoms with Crippen molar-refractivity contribution in [2.75, 3.05) is 12.4 Å². The summed E-state index contributed by atoms with van der Waals surface area (Å²) in [5, 5.41) is 0. The minimum atomic E-state index is -3.67. The van der Waals surface area contributed by atoms with Gasteiger partial charge in [-0.1, -0.05) is 20.4 Å². The molecule has 0 aliphatic heterocycles. The second-order valence-corrected chi connectivity index (χ2v) is 4.23. The molecule has 6 heteroatoms. The molecule has 0 radical (unpaired) electrons. The standard InChI is InChI=1S/C6H10O2.C3H8O3S/c1-3-5-8-6(7)4-2;1-2-3-7(4,5)6/h4H,2-3,5H2,1H3;2-3H2,1H3,(H,4,5,6). The summed E-state index contributed by atoms with van der Waals surface area (Å²) in [6, 6.07) is 0. The van der Waals surface area contributed by atoms with Gasteiger partial charge in [0.2, 0.25) is 0 Å². The summed E-state index contributed by atoms with van der Waals surface area (Å²) >= 11 is 0. The van der Waals surface area contributed by atoms with Crippen LogP contribution in [0.1, 0.15) is 26.7 Å². The lowest BCUT2D eigenvalue weighted by atomic mass is 10.5. The monoisotopic (exact) mass is 238 g/mol. The van der Waals surface area contributed by atoms with Crippen LogP contribution >= 0.6 is 0 Å². The second kappa shape index (κ2) is 9.67. The van der Waals surface area contributed by atoms with Crippen molar-refractivity contribution in [2.45, 2.75) is 26.7 Å². The fourth-order valence-electron chi connectivity index (χ4n) is 0.520. The van der Waals surface area contributed by atoms with E-state index in [-0.39, 0.29) is 11.7 Å². The normalized spacial score (nSPS) is 9.80. The zero-order valence-electron chi connectivity index (χ0n) is 9.10. The van der Waals surface area contributed by atoms with Gasteiger partial charge < -0.3 is 4.74 Å². The van der Waals surface area contributed by atoms with E-state index in [0.717, 1.165) is 12.5 Å². The minimum Gasteiger partial charge on any atom is -0.463 e. The lowest BCUT2D eigenvalue weighted by Crippen LogP contribution is -2.01. The SMILES string of the molecule is C=CC(=O)OCCC.CCCS(=O)(=O)O. The largest absolute Gasteiger partial charge is 0.463 e. The van der Waals surface area contributed by atoms with Crippen molar-refractivity contribution in [3.63, 3.8) is 0 Å². The van der Waals surface area contributed by atoms with Gasteiger partial charge in [-0.25, -0.2) is 4.79 Å². The quantitative estimate of drug-likeness (QED) is 0.445. The molecule has 0 aliphatic carbocycles. The molecule has 0 rings (SSSR count). The Morgan fingerprint density at radius 2 is 1.93 bits per heavy atom. The molecular formula is C9H18O5S. The van der Waals surface area contributed by atoms with Crippen molar-refractivity contribution in [3.05, 3.63) is 12.7 Å². The molecule has 0 spiro atoms. The van der Waals surface area contributed by atoms with Gasteiger partial charge in [-0.2, -0.15) is 8.42 Å². The Balaban J connectivity index is 0. The van der Waals surface area contributed by atoms with E-state index < -0.39 is 10.1 Å². The molecule has 5 nitrogen and oxygen atoms in total. The lowest BCUT2D eigenvalue weighted by molar-refractivity contribution is -0.137. The number of rotatable bonds is 5. The Labute approximate surface area is 90.9 Å². The van der Waals surface area contributed by atoms with Gasteiger partial charge in [0.25, 0.3) is 10.1 Å². The van der Waals surface area contributed by atoms with Gasteiger partial charge in [0.15, 0.2) is 0 Å². The minimum absolute atomic E-state index is 0.132. The molecule has 0 heterocycles. The number of esters is 1. The molecule has 0 saturated heterocycles. The highest BCUT2D eigenvalue weighted by Gasteiger charge is 1.98. The first-order valence-electron chi connectivity index (χ1n) is 4.61. The summed E-state index contributed by atoms with van der Waals surface area (Å²) in [6.07, 6.45) is 2.49. The molecule has 0 aromatic rings. The summed E-state index contributed by atoms with van der Waals surface area (Å²) in [5.74, 6) is -0.473. The molecule has 0 aliphatic rings. The smallest absolute Gasteiger partial charge is 0.330 e. The van der Waals surface area contributed by atoms with Gasteiger partial charge in [0.05, 0.1) is 12.4 Å². The number of ether oxygens (including phenoxy) is 1.